The van der Waals surface area contributed by atoms with Crippen LogP contribution in [-0.4, -0.2) is 84.7 Å². The number of aromatic nitrogens is 2. The van der Waals surface area contributed by atoms with Gasteiger partial charge in [0.05, 0.1) is 5.75 Å². The van der Waals surface area contributed by atoms with Crippen molar-refractivity contribution < 1.29 is 13.2 Å². The smallest absolute Gasteiger partial charge is 0.317 e. The molecular formula is C16H26N6O3S. The molecule has 1 aromatic heterocycles. The van der Waals surface area contributed by atoms with Crippen LogP contribution in [0.15, 0.2) is 18.5 Å². The summed E-state index contributed by atoms with van der Waals surface area (Å²) >= 11 is 0. The second-order valence-electron chi connectivity index (χ2n) is 6.57. The SMILES string of the molecule is CCS(=O)(=O)N1CCN(C(=O)NC2CCCN(c3ncccn3)C2)CC1. The molecule has 2 aliphatic rings. The quantitative estimate of drug-likeness (QED) is 0.794. The van der Waals surface area contributed by atoms with E-state index < -0.39 is 10.0 Å². The Labute approximate surface area is 154 Å². The van der Waals surface area contributed by atoms with Gasteiger partial charge in [-0.1, -0.05) is 0 Å². The van der Waals surface area contributed by atoms with Gasteiger partial charge in [0.15, 0.2) is 0 Å². The summed E-state index contributed by atoms with van der Waals surface area (Å²) in [5, 5.41) is 3.08. The first-order valence-corrected chi connectivity index (χ1v) is 10.7. The van der Waals surface area contributed by atoms with Crippen molar-refractivity contribution in [3.63, 3.8) is 0 Å². The van der Waals surface area contributed by atoms with Crippen molar-refractivity contribution in [1.29, 1.82) is 0 Å². The lowest BCUT2D eigenvalue weighted by atomic mass is 10.1. The number of sulfonamides is 1. The van der Waals surface area contributed by atoms with Gasteiger partial charge in [0, 0.05) is 57.7 Å². The summed E-state index contributed by atoms with van der Waals surface area (Å²) < 4.78 is 25.3. The van der Waals surface area contributed by atoms with E-state index in [-0.39, 0.29) is 17.8 Å². The molecule has 26 heavy (non-hydrogen) atoms. The predicted octanol–water partition coefficient (Wildman–Crippen LogP) is 0.122. The number of rotatable bonds is 4. The fraction of sp³-hybridized carbons (Fsp3) is 0.688. The maximum absolute atomic E-state index is 12.5. The largest absolute Gasteiger partial charge is 0.339 e. The molecule has 10 heteroatoms. The standard InChI is InChI=1S/C16H26N6O3S/c1-2-26(24,25)22-11-9-20(10-12-22)16(23)19-14-5-3-8-21(13-14)15-17-6-4-7-18-15/h4,6-7,14H,2-3,5,8-13H2,1H3,(H,19,23). The molecule has 0 spiro atoms. The molecule has 1 aromatic rings. The van der Waals surface area contributed by atoms with Gasteiger partial charge in [-0.15, -0.1) is 0 Å². The van der Waals surface area contributed by atoms with Gasteiger partial charge >= 0.3 is 6.03 Å². The number of hydrogen-bond donors (Lipinski definition) is 1. The molecule has 0 saturated carbocycles. The van der Waals surface area contributed by atoms with Crippen molar-refractivity contribution in [1.82, 2.24) is 24.5 Å². The number of piperidine rings is 1. The topological polar surface area (TPSA) is 98.7 Å². The average Bonchev–Trinajstić information content (AvgIpc) is 2.69. The van der Waals surface area contributed by atoms with E-state index in [1.54, 1.807) is 30.3 Å². The van der Waals surface area contributed by atoms with Gasteiger partial charge in [0.2, 0.25) is 16.0 Å². The molecule has 9 nitrogen and oxygen atoms in total. The lowest BCUT2D eigenvalue weighted by molar-refractivity contribution is 0.167. The van der Waals surface area contributed by atoms with Gasteiger partial charge in [-0.2, -0.15) is 4.31 Å². The summed E-state index contributed by atoms with van der Waals surface area (Å²) in [6, 6.07) is 1.70. The van der Waals surface area contributed by atoms with Crippen LogP contribution < -0.4 is 10.2 Å². The number of piperazine rings is 1. The highest BCUT2D eigenvalue weighted by Crippen LogP contribution is 2.16. The Balaban J connectivity index is 1.51. The molecule has 2 fully saturated rings. The van der Waals surface area contributed by atoms with Crippen molar-refractivity contribution in [3.05, 3.63) is 18.5 Å². The van der Waals surface area contributed by atoms with Crippen LogP contribution in [0.1, 0.15) is 19.8 Å². The molecule has 2 amide bonds. The van der Waals surface area contributed by atoms with Crippen LogP contribution in [0.5, 0.6) is 0 Å². The van der Waals surface area contributed by atoms with E-state index in [9.17, 15) is 13.2 Å². The van der Waals surface area contributed by atoms with Crippen LogP contribution in [-0.2, 0) is 10.0 Å². The maximum atomic E-state index is 12.5. The molecule has 3 rings (SSSR count). The lowest BCUT2D eigenvalue weighted by Crippen LogP contribution is -2.56. The van der Waals surface area contributed by atoms with Gasteiger partial charge in [0.25, 0.3) is 0 Å². The number of urea groups is 1. The van der Waals surface area contributed by atoms with Crippen molar-refractivity contribution in [2.75, 3.05) is 49.9 Å². The molecular weight excluding hydrogens is 356 g/mol. The van der Waals surface area contributed by atoms with Crippen molar-refractivity contribution in [3.8, 4) is 0 Å². The monoisotopic (exact) mass is 382 g/mol. The van der Waals surface area contributed by atoms with Crippen LogP contribution in [0.3, 0.4) is 0 Å². The number of amides is 2. The molecule has 0 aromatic carbocycles. The van der Waals surface area contributed by atoms with Gasteiger partial charge in [-0.25, -0.2) is 23.2 Å². The van der Waals surface area contributed by atoms with E-state index in [1.807, 2.05) is 0 Å². The molecule has 1 N–H and O–H groups in total. The number of anilines is 1. The van der Waals surface area contributed by atoms with Crippen LogP contribution in [0, 0.1) is 0 Å². The van der Waals surface area contributed by atoms with Gasteiger partial charge in [0.1, 0.15) is 0 Å². The highest BCUT2D eigenvalue weighted by Gasteiger charge is 2.29. The summed E-state index contributed by atoms with van der Waals surface area (Å²) in [7, 11) is -3.18. The fourth-order valence-corrected chi connectivity index (χ4v) is 4.43. The zero-order chi connectivity index (χ0) is 18.6. The summed E-state index contributed by atoms with van der Waals surface area (Å²) in [6.45, 7) is 4.76. The molecule has 144 valence electrons. The fourth-order valence-electron chi connectivity index (χ4n) is 3.35. The van der Waals surface area contributed by atoms with Crippen molar-refractivity contribution in [2.24, 2.45) is 0 Å². The Morgan fingerprint density at radius 2 is 1.88 bits per heavy atom. The van der Waals surface area contributed by atoms with E-state index in [0.717, 1.165) is 19.4 Å². The molecule has 1 unspecified atom stereocenters. The third-order valence-corrected chi connectivity index (χ3v) is 6.75. The highest BCUT2D eigenvalue weighted by atomic mass is 32.2. The molecule has 1 atom stereocenters. The van der Waals surface area contributed by atoms with Crippen LogP contribution in [0.2, 0.25) is 0 Å². The summed E-state index contributed by atoms with van der Waals surface area (Å²) in [6.07, 6.45) is 5.31. The second-order valence-corrected chi connectivity index (χ2v) is 8.83. The summed E-state index contributed by atoms with van der Waals surface area (Å²) in [5.74, 6) is 0.781. The normalized spacial score (nSPS) is 22.3. The van der Waals surface area contributed by atoms with Crippen LogP contribution in [0.4, 0.5) is 10.7 Å². The molecule has 3 heterocycles. The Morgan fingerprint density at radius 3 is 2.54 bits per heavy atom. The van der Waals surface area contributed by atoms with Gasteiger partial charge in [-0.3, -0.25) is 0 Å². The van der Waals surface area contributed by atoms with Crippen LogP contribution in [0.25, 0.3) is 0 Å². The van der Waals surface area contributed by atoms with Gasteiger partial charge in [-0.05, 0) is 25.8 Å². The van der Waals surface area contributed by atoms with E-state index in [4.69, 9.17) is 0 Å². The lowest BCUT2D eigenvalue weighted by Gasteiger charge is -2.37. The number of carbonyl (C=O) groups excluding carboxylic acids is 1. The molecule has 0 radical (unpaired) electrons. The Morgan fingerprint density at radius 1 is 1.19 bits per heavy atom. The summed E-state index contributed by atoms with van der Waals surface area (Å²) in [4.78, 5) is 24.9. The van der Waals surface area contributed by atoms with Gasteiger partial charge < -0.3 is 15.1 Å². The first kappa shape index (κ1) is 18.8. The third-order valence-electron chi connectivity index (χ3n) is 4.87. The molecule has 0 aliphatic carbocycles. The van der Waals surface area contributed by atoms with E-state index in [0.29, 0.717) is 38.7 Å². The predicted molar refractivity (Wildman–Crippen MR) is 98.4 cm³/mol. The molecule has 2 aliphatic heterocycles. The summed E-state index contributed by atoms with van der Waals surface area (Å²) in [5.41, 5.74) is 0. The number of hydrogen-bond acceptors (Lipinski definition) is 6. The molecule has 2 saturated heterocycles. The minimum Gasteiger partial charge on any atom is -0.339 e. The molecule has 0 bridgehead atoms. The van der Waals surface area contributed by atoms with Crippen molar-refractivity contribution in [2.45, 2.75) is 25.8 Å². The number of carbonyl (C=O) groups is 1. The zero-order valence-corrected chi connectivity index (χ0v) is 15.9. The zero-order valence-electron chi connectivity index (χ0n) is 15.0. The minimum absolute atomic E-state index is 0.0393. The Hall–Kier alpha value is -1.94. The second kappa shape index (κ2) is 8.17. The third kappa shape index (κ3) is 4.42. The first-order valence-electron chi connectivity index (χ1n) is 9.05. The highest BCUT2D eigenvalue weighted by molar-refractivity contribution is 7.89. The Bertz CT molecular complexity index is 706. The maximum Gasteiger partial charge on any atom is 0.317 e. The van der Waals surface area contributed by atoms with Crippen LogP contribution >= 0.6 is 0 Å². The van der Waals surface area contributed by atoms with E-state index in [1.165, 1.54) is 4.31 Å². The Kier molecular flexibility index (Phi) is 5.92. The number of nitrogens with zero attached hydrogens (tertiary/aromatic N) is 5. The van der Waals surface area contributed by atoms with Crippen molar-refractivity contribution >= 4 is 22.0 Å². The minimum atomic E-state index is -3.18. The first-order chi connectivity index (χ1) is 12.5. The van der Waals surface area contributed by atoms with E-state index >= 15 is 0 Å². The van der Waals surface area contributed by atoms with E-state index in [2.05, 4.69) is 20.2 Å². The number of nitrogens with one attached hydrogen (secondary N) is 1. The average molecular weight is 382 g/mol.